The lowest BCUT2D eigenvalue weighted by Crippen LogP contribution is -2.29. The first-order valence-corrected chi connectivity index (χ1v) is 8.25. The lowest BCUT2D eigenvalue weighted by molar-refractivity contribution is -0.122. The average molecular weight is 340 g/mol. The number of para-hydroxylation sites is 3. The molecule has 3 rings (SSSR count). The topological polar surface area (TPSA) is 84.5 Å². The number of phenolic OH excluding ortho intramolecular Hbond substituents is 1. The van der Waals surface area contributed by atoms with Gasteiger partial charge in [0.15, 0.2) is 5.58 Å². The van der Waals surface area contributed by atoms with Gasteiger partial charge in [0.05, 0.1) is 11.6 Å². The molecule has 0 bridgehead atoms. The summed E-state index contributed by atoms with van der Waals surface area (Å²) in [7, 11) is 0. The van der Waals surface area contributed by atoms with Crippen molar-refractivity contribution in [1.29, 1.82) is 0 Å². The Morgan fingerprint density at radius 1 is 1.20 bits per heavy atom. The molecule has 1 heterocycles. The van der Waals surface area contributed by atoms with Crippen LogP contribution in [0.25, 0.3) is 11.1 Å². The Kier molecular flexibility index (Phi) is 4.88. The van der Waals surface area contributed by atoms with Crippen molar-refractivity contribution in [2.45, 2.75) is 32.4 Å². The molecule has 0 aliphatic carbocycles. The van der Waals surface area contributed by atoms with Crippen LogP contribution in [0, 0.1) is 0 Å². The molecule has 0 spiro atoms. The highest BCUT2D eigenvalue weighted by Gasteiger charge is 2.16. The second-order valence-corrected chi connectivity index (χ2v) is 5.82. The molecule has 3 aromatic rings. The predicted octanol–water partition coefficient (Wildman–Crippen LogP) is 2.96. The Bertz CT molecular complexity index is 942. The van der Waals surface area contributed by atoms with E-state index in [4.69, 9.17) is 4.42 Å². The van der Waals surface area contributed by atoms with Crippen LogP contribution in [0.5, 0.6) is 5.75 Å². The molecule has 2 aromatic carbocycles. The Morgan fingerprint density at radius 2 is 1.92 bits per heavy atom. The number of phenols is 1. The molecular weight excluding hydrogens is 320 g/mol. The lowest BCUT2D eigenvalue weighted by atomic mass is 10.0. The number of oxazole rings is 1. The maximum Gasteiger partial charge on any atom is 0.419 e. The van der Waals surface area contributed by atoms with Crippen LogP contribution in [0.1, 0.15) is 31.4 Å². The van der Waals surface area contributed by atoms with E-state index in [1.54, 1.807) is 36.4 Å². The number of hydrogen-bond donors (Lipinski definition) is 2. The van der Waals surface area contributed by atoms with Gasteiger partial charge >= 0.3 is 5.76 Å². The summed E-state index contributed by atoms with van der Waals surface area (Å²) in [6.07, 6.45) is 0.797. The number of amides is 1. The zero-order valence-electron chi connectivity index (χ0n) is 13.9. The van der Waals surface area contributed by atoms with Gasteiger partial charge in [0.1, 0.15) is 5.75 Å². The number of benzene rings is 2. The Morgan fingerprint density at radius 3 is 2.68 bits per heavy atom. The maximum atomic E-state index is 12.3. The molecule has 2 N–H and O–H groups in total. The van der Waals surface area contributed by atoms with E-state index in [2.05, 4.69) is 5.32 Å². The number of nitrogens with one attached hydrogen (secondary N) is 1. The van der Waals surface area contributed by atoms with Crippen molar-refractivity contribution >= 4 is 17.0 Å². The van der Waals surface area contributed by atoms with Crippen LogP contribution in [0.3, 0.4) is 0 Å². The van der Waals surface area contributed by atoms with Gasteiger partial charge in [0.2, 0.25) is 5.91 Å². The van der Waals surface area contributed by atoms with Gasteiger partial charge in [0, 0.05) is 18.5 Å². The van der Waals surface area contributed by atoms with Crippen molar-refractivity contribution in [2.24, 2.45) is 0 Å². The zero-order valence-corrected chi connectivity index (χ0v) is 13.9. The molecule has 1 aromatic heterocycles. The average Bonchev–Trinajstić information content (AvgIpc) is 2.93. The quantitative estimate of drug-likeness (QED) is 0.722. The SMILES string of the molecule is CC[C@H](NC(=O)CCn1c(=O)oc2ccccc21)c1ccccc1O. The summed E-state index contributed by atoms with van der Waals surface area (Å²) < 4.78 is 6.62. The van der Waals surface area contributed by atoms with E-state index < -0.39 is 5.76 Å². The first kappa shape index (κ1) is 16.8. The van der Waals surface area contributed by atoms with Crippen molar-refractivity contribution in [3.05, 3.63) is 64.6 Å². The van der Waals surface area contributed by atoms with E-state index in [1.807, 2.05) is 19.1 Å². The second-order valence-electron chi connectivity index (χ2n) is 5.82. The van der Waals surface area contributed by atoms with Crippen molar-refractivity contribution in [2.75, 3.05) is 0 Å². The summed E-state index contributed by atoms with van der Waals surface area (Å²) in [6, 6.07) is 13.8. The minimum Gasteiger partial charge on any atom is -0.508 e. The van der Waals surface area contributed by atoms with Crippen molar-refractivity contribution in [3.63, 3.8) is 0 Å². The van der Waals surface area contributed by atoms with Crippen LogP contribution in [0.4, 0.5) is 0 Å². The predicted molar refractivity (Wildman–Crippen MR) is 94.4 cm³/mol. The Labute approximate surface area is 144 Å². The lowest BCUT2D eigenvalue weighted by Gasteiger charge is -2.18. The molecule has 1 amide bonds. The number of fused-ring (bicyclic) bond motifs is 1. The van der Waals surface area contributed by atoms with Gasteiger partial charge in [-0.1, -0.05) is 37.3 Å². The van der Waals surface area contributed by atoms with E-state index in [0.717, 1.165) is 0 Å². The van der Waals surface area contributed by atoms with Crippen LogP contribution < -0.4 is 11.1 Å². The number of rotatable bonds is 6. The molecule has 130 valence electrons. The summed E-state index contributed by atoms with van der Waals surface area (Å²) in [4.78, 5) is 24.2. The third kappa shape index (κ3) is 3.57. The van der Waals surface area contributed by atoms with Gasteiger partial charge in [-0.2, -0.15) is 0 Å². The normalized spacial score (nSPS) is 12.2. The summed E-state index contributed by atoms with van der Waals surface area (Å²) in [5, 5.41) is 12.9. The van der Waals surface area contributed by atoms with E-state index in [9.17, 15) is 14.7 Å². The van der Waals surface area contributed by atoms with Crippen molar-refractivity contribution < 1.29 is 14.3 Å². The molecule has 6 heteroatoms. The molecule has 0 fully saturated rings. The summed E-state index contributed by atoms with van der Waals surface area (Å²) >= 11 is 0. The Balaban J connectivity index is 1.69. The fourth-order valence-electron chi connectivity index (χ4n) is 2.89. The first-order valence-electron chi connectivity index (χ1n) is 8.25. The van der Waals surface area contributed by atoms with Crippen LogP contribution in [-0.4, -0.2) is 15.6 Å². The number of carbonyl (C=O) groups is 1. The monoisotopic (exact) mass is 340 g/mol. The smallest absolute Gasteiger partial charge is 0.419 e. The van der Waals surface area contributed by atoms with Crippen LogP contribution >= 0.6 is 0 Å². The summed E-state index contributed by atoms with van der Waals surface area (Å²) in [6.45, 7) is 2.17. The number of aromatic hydroxyl groups is 1. The molecular formula is C19H20N2O4. The molecule has 0 radical (unpaired) electrons. The van der Waals surface area contributed by atoms with Gasteiger partial charge in [-0.15, -0.1) is 0 Å². The summed E-state index contributed by atoms with van der Waals surface area (Å²) in [5.41, 5.74) is 1.87. The van der Waals surface area contributed by atoms with Crippen LogP contribution in [-0.2, 0) is 11.3 Å². The van der Waals surface area contributed by atoms with Gasteiger partial charge in [-0.3, -0.25) is 9.36 Å². The van der Waals surface area contributed by atoms with Gasteiger partial charge in [-0.05, 0) is 24.6 Å². The van der Waals surface area contributed by atoms with E-state index >= 15 is 0 Å². The fraction of sp³-hybridized carbons (Fsp3) is 0.263. The van der Waals surface area contributed by atoms with Crippen LogP contribution in [0.15, 0.2) is 57.7 Å². The first-order chi connectivity index (χ1) is 12.1. The Hall–Kier alpha value is -3.02. The van der Waals surface area contributed by atoms with E-state index in [1.165, 1.54) is 4.57 Å². The largest absolute Gasteiger partial charge is 0.508 e. The van der Waals surface area contributed by atoms with E-state index in [0.29, 0.717) is 23.1 Å². The van der Waals surface area contributed by atoms with Gasteiger partial charge in [-0.25, -0.2) is 4.79 Å². The second kappa shape index (κ2) is 7.25. The third-order valence-electron chi connectivity index (χ3n) is 4.19. The van der Waals surface area contributed by atoms with Crippen molar-refractivity contribution in [1.82, 2.24) is 9.88 Å². The molecule has 0 saturated heterocycles. The van der Waals surface area contributed by atoms with Gasteiger partial charge < -0.3 is 14.8 Å². The molecule has 6 nitrogen and oxygen atoms in total. The van der Waals surface area contributed by atoms with Crippen LogP contribution in [0.2, 0.25) is 0 Å². The van der Waals surface area contributed by atoms with Crippen molar-refractivity contribution in [3.8, 4) is 5.75 Å². The third-order valence-corrected chi connectivity index (χ3v) is 4.19. The minimum absolute atomic E-state index is 0.146. The fourth-order valence-corrected chi connectivity index (χ4v) is 2.89. The highest BCUT2D eigenvalue weighted by atomic mass is 16.4. The molecule has 25 heavy (non-hydrogen) atoms. The van der Waals surface area contributed by atoms with Gasteiger partial charge in [0.25, 0.3) is 0 Å². The zero-order chi connectivity index (χ0) is 17.8. The molecule has 0 unspecified atom stereocenters. The molecule has 0 saturated carbocycles. The number of nitrogens with zero attached hydrogens (tertiary/aromatic N) is 1. The number of aromatic nitrogens is 1. The highest BCUT2D eigenvalue weighted by Crippen LogP contribution is 2.25. The maximum absolute atomic E-state index is 12.3. The molecule has 0 aliphatic rings. The standard InChI is InChI=1S/C19H20N2O4/c1-2-14(13-7-3-5-9-16(13)22)20-18(23)11-12-21-15-8-4-6-10-17(15)25-19(21)24/h3-10,14,22H,2,11-12H2,1H3,(H,20,23)/t14-/m0/s1. The highest BCUT2D eigenvalue weighted by molar-refractivity contribution is 5.77. The molecule has 1 atom stereocenters. The molecule has 0 aliphatic heterocycles. The van der Waals surface area contributed by atoms with E-state index in [-0.39, 0.29) is 30.7 Å². The number of carbonyl (C=O) groups excluding carboxylic acids is 1. The number of aryl methyl sites for hydroxylation is 1. The minimum atomic E-state index is -0.471. The number of hydrogen-bond acceptors (Lipinski definition) is 4. The summed E-state index contributed by atoms with van der Waals surface area (Å²) in [5.74, 6) is -0.499.